The molecule has 0 saturated carbocycles. The van der Waals surface area contributed by atoms with Gasteiger partial charge >= 0.3 is 0 Å². The van der Waals surface area contributed by atoms with Gasteiger partial charge in [-0.2, -0.15) is 0 Å². The van der Waals surface area contributed by atoms with E-state index in [1.165, 1.54) is 5.56 Å². The number of ether oxygens (including phenoxy) is 1. The van der Waals surface area contributed by atoms with Crippen LogP contribution >= 0.6 is 15.9 Å². The maximum atomic E-state index is 11.6. The number of hydrogen-bond donors (Lipinski definition) is 0. The van der Waals surface area contributed by atoms with Crippen molar-refractivity contribution in [2.45, 2.75) is 12.8 Å². The number of rotatable bonds is 2. The average Bonchev–Trinajstić information content (AvgIpc) is 2.24. The fourth-order valence-electron chi connectivity index (χ4n) is 1.80. The first-order chi connectivity index (χ1) is 7.27. The summed E-state index contributed by atoms with van der Waals surface area (Å²) >= 11 is 3.49. The average molecular weight is 269 g/mol. The van der Waals surface area contributed by atoms with Gasteiger partial charge in [-0.15, -0.1) is 0 Å². The number of carbonyl (C=O) groups excluding carboxylic acids is 1. The Hall–Kier alpha value is -0.670. The first kappa shape index (κ1) is 10.8. The fraction of sp³-hybridized carbons (Fsp3) is 0.417. The Labute approximate surface area is 97.8 Å². The minimum atomic E-state index is 0.0393. The van der Waals surface area contributed by atoms with Gasteiger partial charge in [0.05, 0.1) is 13.2 Å². The molecule has 0 aliphatic carbocycles. The van der Waals surface area contributed by atoms with Crippen molar-refractivity contribution in [2.24, 2.45) is 5.92 Å². The number of ketones is 1. The van der Waals surface area contributed by atoms with Gasteiger partial charge in [0.1, 0.15) is 5.78 Å². The van der Waals surface area contributed by atoms with E-state index in [1.807, 2.05) is 24.3 Å². The highest BCUT2D eigenvalue weighted by Gasteiger charge is 2.23. The number of benzene rings is 1. The second-order valence-electron chi connectivity index (χ2n) is 3.78. The van der Waals surface area contributed by atoms with Gasteiger partial charge in [0.25, 0.3) is 0 Å². The molecule has 2 rings (SSSR count). The Balaban J connectivity index is 2.08. The molecule has 1 atom stereocenters. The van der Waals surface area contributed by atoms with Crippen LogP contribution in [0.25, 0.3) is 0 Å². The van der Waals surface area contributed by atoms with E-state index in [2.05, 4.69) is 15.9 Å². The molecule has 0 radical (unpaired) electrons. The van der Waals surface area contributed by atoms with E-state index in [4.69, 9.17) is 4.74 Å². The highest BCUT2D eigenvalue weighted by Crippen LogP contribution is 2.22. The lowest BCUT2D eigenvalue weighted by atomic mass is 9.93. The number of hydrogen-bond acceptors (Lipinski definition) is 2. The molecule has 0 N–H and O–H groups in total. The zero-order valence-corrected chi connectivity index (χ0v) is 10.00. The normalized spacial score (nSPS) is 21.7. The molecule has 15 heavy (non-hydrogen) atoms. The van der Waals surface area contributed by atoms with Crippen LogP contribution in [0.1, 0.15) is 12.0 Å². The summed E-state index contributed by atoms with van der Waals surface area (Å²) < 4.78 is 6.40. The van der Waals surface area contributed by atoms with E-state index < -0.39 is 0 Å². The zero-order chi connectivity index (χ0) is 10.7. The molecule has 0 bridgehead atoms. The third kappa shape index (κ3) is 2.67. The highest BCUT2D eigenvalue weighted by atomic mass is 79.9. The van der Waals surface area contributed by atoms with Crippen molar-refractivity contribution in [3.8, 4) is 0 Å². The molecule has 1 unspecified atom stereocenters. The van der Waals surface area contributed by atoms with Crippen molar-refractivity contribution >= 4 is 21.7 Å². The third-order valence-corrected chi connectivity index (χ3v) is 3.46. The fourth-order valence-corrected chi connectivity index (χ4v) is 2.24. The van der Waals surface area contributed by atoms with Crippen LogP contribution in [-0.4, -0.2) is 19.0 Å². The van der Waals surface area contributed by atoms with E-state index >= 15 is 0 Å². The molecule has 1 aromatic rings. The van der Waals surface area contributed by atoms with Gasteiger partial charge in [-0.25, -0.2) is 0 Å². The summed E-state index contributed by atoms with van der Waals surface area (Å²) in [6.07, 6.45) is 1.34. The standard InChI is InChI=1S/C12H13BrO2/c13-11-4-2-1-3-9(11)7-10-8-15-6-5-12(10)14/h1-4,10H,5-8H2. The second-order valence-corrected chi connectivity index (χ2v) is 4.64. The molecule has 0 amide bonds. The van der Waals surface area contributed by atoms with Crippen molar-refractivity contribution in [1.82, 2.24) is 0 Å². The second kappa shape index (κ2) is 4.90. The summed E-state index contributed by atoms with van der Waals surface area (Å²) in [6.45, 7) is 1.16. The van der Waals surface area contributed by atoms with Crippen molar-refractivity contribution in [1.29, 1.82) is 0 Å². The Kier molecular flexibility index (Phi) is 3.54. The van der Waals surface area contributed by atoms with Gasteiger partial charge in [0, 0.05) is 16.8 Å². The molecule has 2 nitrogen and oxygen atoms in total. The third-order valence-electron chi connectivity index (χ3n) is 2.69. The number of carbonyl (C=O) groups is 1. The molecule has 0 aromatic heterocycles. The molecule has 80 valence electrons. The maximum Gasteiger partial charge on any atom is 0.140 e. The first-order valence-corrected chi connectivity index (χ1v) is 5.90. The summed E-state index contributed by atoms with van der Waals surface area (Å²) in [6, 6.07) is 8.02. The van der Waals surface area contributed by atoms with Gasteiger partial charge < -0.3 is 4.74 Å². The monoisotopic (exact) mass is 268 g/mol. The van der Waals surface area contributed by atoms with Gasteiger partial charge in [0.2, 0.25) is 0 Å². The van der Waals surface area contributed by atoms with E-state index in [-0.39, 0.29) is 5.92 Å². The van der Waals surface area contributed by atoms with E-state index in [9.17, 15) is 4.79 Å². The van der Waals surface area contributed by atoms with Gasteiger partial charge in [-0.1, -0.05) is 34.1 Å². The van der Waals surface area contributed by atoms with E-state index in [1.54, 1.807) is 0 Å². The van der Waals surface area contributed by atoms with Crippen molar-refractivity contribution in [3.05, 3.63) is 34.3 Å². The predicted molar refractivity (Wildman–Crippen MR) is 61.8 cm³/mol. The van der Waals surface area contributed by atoms with Crippen LogP contribution < -0.4 is 0 Å². The van der Waals surface area contributed by atoms with E-state index in [0.29, 0.717) is 25.4 Å². The van der Waals surface area contributed by atoms with Crippen molar-refractivity contribution in [3.63, 3.8) is 0 Å². The Morgan fingerprint density at radius 1 is 1.40 bits per heavy atom. The molecule has 1 fully saturated rings. The SMILES string of the molecule is O=C1CCOCC1Cc1ccccc1Br. The molecular weight excluding hydrogens is 256 g/mol. The molecule has 1 saturated heterocycles. The minimum Gasteiger partial charge on any atom is -0.380 e. The van der Waals surface area contributed by atoms with Gasteiger partial charge in [0.15, 0.2) is 0 Å². The summed E-state index contributed by atoms with van der Waals surface area (Å²) in [5.41, 5.74) is 1.18. The van der Waals surface area contributed by atoms with Crippen LogP contribution in [0.15, 0.2) is 28.7 Å². The van der Waals surface area contributed by atoms with Crippen LogP contribution in [0.5, 0.6) is 0 Å². The Morgan fingerprint density at radius 3 is 2.93 bits per heavy atom. The highest BCUT2D eigenvalue weighted by molar-refractivity contribution is 9.10. The topological polar surface area (TPSA) is 26.3 Å². The Morgan fingerprint density at radius 2 is 2.20 bits per heavy atom. The minimum absolute atomic E-state index is 0.0393. The predicted octanol–water partition coefficient (Wildman–Crippen LogP) is 2.60. The maximum absolute atomic E-state index is 11.6. The molecule has 0 spiro atoms. The van der Waals surface area contributed by atoms with Gasteiger partial charge in [-0.3, -0.25) is 4.79 Å². The molecule has 1 heterocycles. The molecule has 1 aliphatic heterocycles. The quantitative estimate of drug-likeness (QED) is 0.824. The van der Waals surface area contributed by atoms with Crippen LogP contribution in [0.4, 0.5) is 0 Å². The van der Waals surface area contributed by atoms with Crippen molar-refractivity contribution < 1.29 is 9.53 Å². The Bertz CT molecular complexity index is 362. The van der Waals surface area contributed by atoms with Crippen LogP contribution in [0, 0.1) is 5.92 Å². The smallest absolute Gasteiger partial charge is 0.140 e. The van der Waals surface area contributed by atoms with Crippen LogP contribution in [0.3, 0.4) is 0 Å². The summed E-state index contributed by atoms with van der Waals surface area (Å²) in [5.74, 6) is 0.370. The lowest BCUT2D eigenvalue weighted by Crippen LogP contribution is -2.29. The van der Waals surface area contributed by atoms with Gasteiger partial charge in [-0.05, 0) is 18.1 Å². The molecule has 1 aliphatic rings. The summed E-state index contributed by atoms with van der Waals surface area (Å²) in [5, 5.41) is 0. The lowest BCUT2D eigenvalue weighted by Gasteiger charge is -2.21. The van der Waals surface area contributed by atoms with Crippen molar-refractivity contribution in [2.75, 3.05) is 13.2 Å². The first-order valence-electron chi connectivity index (χ1n) is 5.11. The summed E-state index contributed by atoms with van der Waals surface area (Å²) in [7, 11) is 0. The largest absolute Gasteiger partial charge is 0.380 e. The van der Waals surface area contributed by atoms with Crippen LogP contribution in [-0.2, 0) is 16.0 Å². The molecular formula is C12H13BrO2. The zero-order valence-electron chi connectivity index (χ0n) is 8.41. The molecule has 3 heteroatoms. The van der Waals surface area contributed by atoms with E-state index in [0.717, 1.165) is 10.9 Å². The number of halogens is 1. The lowest BCUT2D eigenvalue weighted by molar-refractivity contribution is -0.130. The molecule has 1 aromatic carbocycles. The van der Waals surface area contributed by atoms with Crippen LogP contribution in [0.2, 0.25) is 0 Å². The summed E-state index contributed by atoms with van der Waals surface area (Å²) in [4.78, 5) is 11.6. The number of Topliss-reactive ketones (excluding diaryl/α,β-unsaturated/α-hetero) is 1.